The zero-order valence-electron chi connectivity index (χ0n) is 9.29. The summed E-state index contributed by atoms with van der Waals surface area (Å²) in [6, 6.07) is 0.256. The molecule has 0 aromatic carbocycles. The highest BCUT2D eigenvalue weighted by Crippen LogP contribution is 2.05. The third kappa shape index (κ3) is 5.94. The second-order valence-corrected chi connectivity index (χ2v) is 3.69. The van der Waals surface area contributed by atoms with Gasteiger partial charge in [-0.15, -0.1) is 0 Å². The molecule has 4 N–H and O–H groups in total. The lowest BCUT2D eigenvalue weighted by Crippen LogP contribution is -2.38. The van der Waals surface area contributed by atoms with Crippen LogP contribution in [0.3, 0.4) is 0 Å². The van der Waals surface area contributed by atoms with Gasteiger partial charge in [0.15, 0.2) is 0 Å². The van der Waals surface area contributed by atoms with E-state index in [2.05, 4.69) is 11.8 Å². The molecule has 0 saturated heterocycles. The highest BCUT2D eigenvalue weighted by atomic mass is 16.3. The maximum atomic E-state index is 8.89. The van der Waals surface area contributed by atoms with E-state index in [9.17, 15) is 0 Å². The van der Waals surface area contributed by atoms with Gasteiger partial charge in [-0.1, -0.05) is 13.3 Å². The lowest BCUT2D eigenvalue weighted by atomic mass is 10.1. The molecule has 0 bridgehead atoms. The second-order valence-electron chi connectivity index (χ2n) is 3.69. The van der Waals surface area contributed by atoms with Crippen LogP contribution < -0.4 is 5.73 Å². The Hall–Kier alpha value is -0.610. The summed E-state index contributed by atoms with van der Waals surface area (Å²) in [5.41, 5.74) is 5.35. The van der Waals surface area contributed by atoms with E-state index >= 15 is 0 Å². The van der Waals surface area contributed by atoms with Crippen molar-refractivity contribution in [2.24, 2.45) is 5.73 Å². The molecule has 0 aliphatic carbocycles. The molecule has 0 amide bonds. The van der Waals surface area contributed by atoms with E-state index < -0.39 is 0 Å². The van der Waals surface area contributed by atoms with Crippen LogP contribution >= 0.6 is 0 Å². The Bertz CT molecular complexity index is 161. The van der Waals surface area contributed by atoms with Crippen molar-refractivity contribution in [2.75, 3.05) is 19.7 Å². The fourth-order valence-electron chi connectivity index (χ4n) is 1.49. The topological polar surface area (TPSA) is 73.3 Å². The first kappa shape index (κ1) is 13.4. The maximum absolute atomic E-state index is 8.89. The SMILES string of the molecule is CCCCN(CCO)C(C)CC(=N)N. The van der Waals surface area contributed by atoms with E-state index in [1.54, 1.807) is 0 Å². The standard InChI is InChI=1S/C10H23N3O/c1-3-4-5-13(6-7-14)9(2)8-10(11)12/h9,14H,3-8H2,1-2H3,(H3,11,12). The highest BCUT2D eigenvalue weighted by molar-refractivity contribution is 5.77. The number of aliphatic hydroxyl groups excluding tert-OH is 1. The zero-order valence-corrected chi connectivity index (χ0v) is 9.29. The molecule has 1 unspecified atom stereocenters. The molecule has 0 aromatic heterocycles. The summed E-state index contributed by atoms with van der Waals surface area (Å²) in [7, 11) is 0. The van der Waals surface area contributed by atoms with Crippen LogP contribution in [0.1, 0.15) is 33.1 Å². The summed E-state index contributed by atoms with van der Waals surface area (Å²) < 4.78 is 0. The summed E-state index contributed by atoms with van der Waals surface area (Å²) in [6.45, 7) is 6.02. The molecule has 0 heterocycles. The number of hydrogen-bond donors (Lipinski definition) is 3. The van der Waals surface area contributed by atoms with E-state index in [1.165, 1.54) is 0 Å². The van der Waals surface area contributed by atoms with Gasteiger partial charge >= 0.3 is 0 Å². The van der Waals surface area contributed by atoms with Gasteiger partial charge in [-0.3, -0.25) is 10.3 Å². The van der Waals surface area contributed by atoms with Crippen LogP contribution in [0.25, 0.3) is 0 Å². The van der Waals surface area contributed by atoms with Crippen LogP contribution in [-0.4, -0.2) is 41.6 Å². The second kappa shape index (κ2) is 7.76. The Morgan fingerprint density at radius 1 is 1.50 bits per heavy atom. The van der Waals surface area contributed by atoms with Crippen molar-refractivity contribution in [3.63, 3.8) is 0 Å². The van der Waals surface area contributed by atoms with E-state index in [-0.39, 0.29) is 18.5 Å². The molecule has 0 aromatic rings. The smallest absolute Gasteiger partial charge is 0.0920 e. The molecular weight excluding hydrogens is 178 g/mol. The number of nitrogens with two attached hydrogens (primary N) is 1. The fourth-order valence-corrected chi connectivity index (χ4v) is 1.49. The lowest BCUT2D eigenvalue weighted by molar-refractivity contribution is 0.158. The normalized spacial score (nSPS) is 13.1. The van der Waals surface area contributed by atoms with Gasteiger partial charge in [0.05, 0.1) is 12.4 Å². The number of rotatable bonds is 8. The van der Waals surface area contributed by atoms with Crippen LogP contribution in [0.4, 0.5) is 0 Å². The van der Waals surface area contributed by atoms with Gasteiger partial charge in [0, 0.05) is 19.0 Å². The van der Waals surface area contributed by atoms with Crippen molar-refractivity contribution in [1.29, 1.82) is 5.41 Å². The molecule has 4 heteroatoms. The number of aliphatic hydroxyl groups is 1. The van der Waals surface area contributed by atoms with Gasteiger partial charge in [-0.05, 0) is 19.9 Å². The minimum absolute atomic E-state index is 0.173. The first-order valence-electron chi connectivity index (χ1n) is 5.29. The van der Waals surface area contributed by atoms with Gasteiger partial charge in [0.1, 0.15) is 0 Å². The Kier molecular flexibility index (Phi) is 7.42. The number of nitrogens with zero attached hydrogens (tertiary/aromatic N) is 1. The maximum Gasteiger partial charge on any atom is 0.0920 e. The van der Waals surface area contributed by atoms with E-state index in [4.69, 9.17) is 16.2 Å². The monoisotopic (exact) mass is 201 g/mol. The van der Waals surface area contributed by atoms with E-state index in [0.29, 0.717) is 13.0 Å². The molecule has 0 rings (SSSR count). The molecular formula is C10H23N3O. The Morgan fingerprint density at radius 2 is 2.14 bits per heavy atom. The van der Waals surface area contributed by atoms with Crippen LogP contribution in [0, 0.1) is 5.41 Å². The highest BCUT2D eigenvalue weighted by Gasteiger charge is 2.13. The molecule has 1 atom stereocenters. The number of unbranched alkanes of at least 4 members (excludes halogenated alkanes) is 1. The molecule has 84 valence electrons. The van der Waals surface area contributed by atoms with Crippen molar-refractivity contribution in [1.82, 2.24) is 4.90 Å². The van der Waals surface area contributed by atoms with Crippen molar-refractivity contribution in [2.45, 2.75) is 39.2 Å². The number of amidine groups is 1. The molecule has 0 radical (unpaired) electrons. The van der Waals surface area contributed by atoms with Gasteiger partial charge in [-0.2, -0.15) is 0 Å². The Balaban J connectivity index is 3.96. The lowest BCUT2D eigenvalue weighted by Gasteiger charge is -2.27. The largest absolute Gasteiger partial charge is 0.395 e. The summed E-state index contributed by atoms with van der Waals surface area (Å²) in [5.74, 6) is 0.219. The fraction of sp³-hybridized carbons (Fsp3) is 0.900. The number of nitrogens with one attached hydrogen (secondary N) is 1. The molecule has 0 saturated carbocycles. The average molecular weight is 201 g/mol. The van der Waals surface area contributed by atoms with Crippen LogP contribution in [0.2, 0.25) is 0 Å². The molecule has 0 aliphatic rings. The minimum atomic E-state index is 0.173. The van der Waals surface area contributed by atoms with Gasteiger partial charge < -0.3 is 10.8 Å². The third-order valence-corrected chi connectivity index (χ3v) is 2.32. The average Bonchev–Trinajstić information content (AvgIpc) is 2.10. The van der Waals surface area contributed by atoms with Gasteiger partial charge in [0.25, 0.3) is 0 Å². The molecule has 0 spiro atoms. The summed E-state index contributed by atoms with van der Waals surface area (Å²) in [5, 5.41) is 16.1. The summed E-state index contributed by atoms with van der Waals surface area (Å²) in [4.78, 5) is 2.19. The predicted molar refractivity (Wildman–Crippen MR) is 59.6 cm³/mol. The van der Waals surface area contributed by atoms with E-state index in [1.807, 2.05) is 6.92 Å². The molecule has 14 heavy (non-hydrogen) atoms. The third-order valence-electron chi connectivity index (χ3n) is 2.32. The van der Waals surface area contributed by atoms with Crippen LogP contribution in [-0.2, 0) is 0 Å². The first-order chi connectivity index (χ1) is 6.61. The summed E-state index contributed by atoms with van der Waals surface area (Å²) in [6.07, 6.45) is 2.86. The molecule has 0 aliphatic heterocycles. The minimum Gasteiger partial charge on any atom is -0.395 e. The number of hydrogen-bond acceptors (Lipinski definition) is 3. The van der Waals surface area contributed by atoms with E-state index in [0.717, 1.165) is 19.4 Å². The van der Waals surface area contributed by atoms with Gasteiger partial charge in [0.2, 0.25) is 0 Å². The van der Waals surface area contributed by atoms with Crippen LogP contribution in [0.5, 0.6) is 0 Å². The first-order valence-corrected chi connectivity index (χ1v) is 5.29. The van der Waals surface area contributed by atoms with Crippen molar-refractivity contribution >= 4 is 5.84 Å². The van der Waals surface area contributed by atoms with Crippen LogP contribution in [0.15, 0.2) is 0 Å². The van der Waals surface area contributed by atoms with Crippen molar-refractivity contribution in [3.05, 3.63) is 0 Å². The summed E-state index contributed by atoms with van der Waals surface area (Å²) >= 11 is 0. The zero-order chi connectivity index (χ0) is 11.0. The molecule has 0 fully saturated rings. The Morgan fingerprint density at radius 3 is 2.57 bits per heavy atom. The quantitative estimate of drug-likeness (QED) is 0.401. The van der Waals surface area contributed by atoms with Crippen molar-refractivity contribution in [3.8, 4) is 0 Å². The van der Waals surface area contributed by atoms with Crippen molar-refractivity contribution < 1.29 is 5.11 Å². The Labute approximate surface area is 86.6 Å². The predicted octanol–water partition coefficient (Wildman–Crippen LogP) is 0.795. The van der Waals surface area contributed by atoms with Gasteiger partial charge in [-0.25, -0.2) is 0 Å². The molecule has 4 nitrogen and oxygen atoms in total.